The van der Waals surface area contributed by atoms with E-state index < -0.39 is 17.1 Å². The Morgan fingerprint density at radius 3 is 1.90 bits per heavy atom. The van der Waals surface area contributed by atoms with E-state index in [0.29, 0.717) is 13.2 Å². The molecule has 0 bridgehead atoms. The Bertz CT molecular complexity index is 432. The lowest BCUT2D eigenvalue weighted by Crippen LogP contribution is -2.54. The van der Waals surface area contributed by atoms with Gasteiger partial charge in [0.05, 0.1) is 0 Å². The highest BCUT2D eigenvalue weighted by Crippen LogP contribution is 2.22. The monoisotopic (exact) mass is 324 g/mol. The average molecular weight is 325 g/mol. The summed E-state index contributed by atoms with van der Waals surface area (Å²) in [6, 6.07) is 9.05. The van der Waals surface area contributed by atoms with Crippen LogP contribution in [0, 0.1) is 0 Å². The summed E-state index contributed by atoms with van der Waals surface area (Å²) in [5.41, 5.74) is 2.30. The molecule has 0 saturated carbocycles. The van der Waals surface area contributed by atoms with Crippen LogP contribution in [0.5, 0.6) is 0 Å². The second kappa shape index (κ2) is 8.05. The number of hydrogen-bond acceptors (Lipinski definition) is 3. The van der Waals surface area contributed by atoms with Crippen LogP contribution in [0.15, 0.2) is 30.8 Å². The first-order chi connectivity index (χ1) is 9.84. The summed E-state index contributed by atoms with van der Waals surface area (Å²) in [4.78, 5) is 0. The highest BCUT2D eigenvalue weighted by molar-refractivity contribution is 6.79. The third-order valence-corrected chi connectivity index (χ3v) is 8.82. The zero-order valence-corrected chi connectivity index (χ0v) is 15.9. The molecule has 0 spiro atoms. The first-order valence-electron chi connectivity index (χ1n) is 7.53. The predicted octanol–water partition coefficient (Wildman–Crippen LogP) is 4.27. The third kappa shape index (κ3) is 6.27. The van der Waals surface area contributed by atoms with Crippen LogP contribution in [0.1, 0.15) is 25.0 Å². The van der Waals surface area contributed by atoms with Gasteiger partial charge in [0.25, 0.3) is 0 Å². The smallest absolute Gasteiger partial charge is 0.416 e. The Kier molecular flexibility index (Phi) is 7.02. The van der Waals surface area contributed by atoms with Crippen LogP contribution < -0.4 is 0 Å². The molecule has 0 saturated heterocycles. The Labute approximate surface area is 131 Å². The lowest BCUT2D eigenvalue weighted by Gasteiger charge is -2.34. The van der Waals surface area contributed by atoms with Gasteiger partial charge in [-0.3, -0.25) is 0 Å². The maximum Gasteiger partial charge on any atom is 0.495 e. The maximum atomic E-state index is 6.38. The number of rotatable bonds is 9. The van der Waals surface area contributed by atoms with Crippen LogP contribution in [-0.2, 0) is 19.0 Å². The molecule has 3 nitrogen and oxygen atoms in total. The van der Waals surface area contributed by atoms with Crippen LogP contribution in [0.2, 0.25) is 19.6 Å². The van der Waals surface area contributed by atoms with Gasteiger partial charge in [0.2, 0.25) is 0 Å². The highest BCUT2D eigenvalue weighted by Gasteiger charge is 2.44. The highest BCUT2D eigenvalue weighted by atomic mass is 28.5. The van der Waals surface area contributed by atoms with Crippen molar-refractivity contribution in [3.8, 4) is 0 Å². The molecule has 0 N–H and O–H groups in total. The van der Waals surface area contributed by atoms with Gasteiger partial charge < -0.3 is 13.0 Å². The molecule has 0 unspecified atom stereocenters. The summed E-state index contributed by atoms with van der Waals surface area (Å²) in [6.07, 6.45) is 1.85. The summed E-state index contributed by atoms with van der Waals surface area (Å²) < 4.78 is 18.4. The minimum absolute atomic E-state index is 0.613. The Balaban J connectivity index is 2.99. The van der Waals surface area contributed by atoms with E-state index in [1.54, 1.807) is 0 Å². The van der Waals surface area contributed by atoms with Crippen molar-refractivity contribution in [2.75, 3.05) is 13.2 Å². The van der Waals surface area contributed by atoms with Crippen LogP contribution in [0.4, 0.5) is 0 Å². The second-order valence-corrected chi connectivity index (χ2v) is 13.2. The molecule has 1 aromatic rings. The van der Waals surface area contributed by atoms with E-state index in [1.165, 1.54) is 5.56 Å². The first kappa shape index (κ1) is 18.3. The van der Waals surface area contributed by atoms with E-state index in [0.717, 1.165) is 11.6 Å². The van der Waals surface area contributed by atoms with E-state index in [-0.39, 0.29) is 0 Å². The van der Waals surface area contributed by atoms with Gasteiger partial charge in [-0.1, -0.05) is 36.9 Å². The molecule has 0 aliphatic rings. The van der Waals surface area contributed by atoms with Crippen molar-refractivity contribution < 1.29 is 13.0 Å². The van der Waals surface area contributed by atoms with Gasteiger partial charge in [0, 0.05) is 19.3 Å². The minimum atomic E-state index is -2.66. The standard InChI is InChI=1S/C16H28O3Si2/c1-7-15-10-12-16(13-11-15)14-21(17-8-2,18-9-3)19-20(4,5)6/h7,10-13H,1,8-9,14H2,2-6H3. The molecule has 0 heterocycles. The molecular weight excluding hydrogens is 296 g/mol. The lowest BCUT2D eigenvalue weighted by molar-refractivity contribution is 0.113. The SMILES string of the molecule is C=Cc1ccc(C[Si](OCC)(OCC)O[Si](C)(C)C)cc1. The normalized spacial score (nSPS) is 12.4. The van der Waals surface area contributed by atoms with Gasteiger partial charge in [-0.2, -0.15) is 0 Å². The van der Waals surface area contributed by atoms with Crippen molar-refractivity contribution in [3.05, 3.63) is 42.0 Å². The molecule has 1 aromatic carbocycles. The van der Waals surface area contributed by atoms with Gasteiger partial charge in [0.15, 0.2) is 8.32 Å². The molecule has 5 heteroatoms. The van der Waals surface area contributed by atoms with Crippen molar-refractivity contribution in [3.63, 3.8) is 0 Å². The molecule has 1 rings (SSSR count). The van der Waals surface area contributed by atoms with E-state index >= 15 is 0 Å². The molecule has 0 fully saturated rings. The molecule has 0 aliphatic carbocycles. The Morgan fingerprint density at radius 2 is 1.52 bits per heavy atom. The van der Waals surface area contributed by atoms with E-state index in [9.17, 15) is 0 Å². The van der Waals surface area contributed by atoms with Crippen LogP contribution in [0.25, 0.3) is 6.08 Å². The fourth-order valence-electron chi connectivity index (χ4n) is 2.17. The predicted molar refractivity (Wildman–Crippen MR) is 93.7 cm³/mol. The average Bonchev–Trinajstić information content (AvgIpc) is 2.38. The van der Waals surface area contributed by atoms with E-state index in [1.807, 2.05) is 19.9 Å². The van der Waals surface area contributed by atoms with Crippen molar-refractivity contribution in [2.45, 2.75) is 39.5 Å². The van der Waals surface area contributed by atoms with E-state index in [4.69, 9.17) is 13.0 Å². The number of hydrogen-bond donors (Lipinski definition) is 0. The largest absolute Gasteiger partial charge is 0.495 e. The van der Waals surface area contributed by atoms with Crippen LogP contribution >= 0.6 is 0 Å². The van der Waals surface area contributed by atoms with E-state index in [2.05, 4.69) is 50.5 Å². The molecular formula is C16H28O3Si2. The zero-order chi connectivity index (χ0) is 15.9. The van der Waals surface area contributed by atoms with Crippen molar-refractivity contribution >= 4 is 23.2 Å². The Hall–Kier alpha value is -0.726. The van der Waals surface area contributed by atoms with Crippen LogP contribution in [0.3, 0.4) is 0 Å². The molecule has 0 radical (unpaired) electrons. The summed E-state index contributed by atoms with van der Waals surface area (Å²) in [5.74, 6) is 0. The summed E-state index contributed by atoms with van der Waals surface area (Å²) in [5, 5.41) is 0. The zero-order valence-electron chi connectivity index (χ0n) is 13.9. The lowest BCUT2D eigenvalue weighted by atomic mass is 10.1. The van der Waals surface area contributed by atoms with Gasteiger partial charge in [-0.25, -0.2) is 0 Å². The summed E-state index contributed by atoms with van der Waals surface area (Å²) in [7, 11) is -4.41. The van der Waals surface area contributed by atoms with Gasteiger partial charge in [-0.15, -0.1) is 0 Å². The quantitative estimate of drug-likeness (QED) is 0.635. The minimum Gasteiger partial charge on any atom is -0.416 e. The second-order valence-electron chi connectivity index (χ2n) is 5.89. The van der Waals surface area contributed by atoms with Gasteiger partial charge in [-0.05, 0) is 44.6 Å². The van der Waals surface area contributed by atoms with Gasteiger partial charge >= 0.3 is 8.80 Å². The molecule has 21 heavy (non-hydrogen) atoms. The topological polar surface area (TPSA) is 27.7 Å². The molecule has 0 aromatic heterocycles. The van der Waals surface area contributed by atoms with Crippen molar-refractivity contribution in [1.29, 1.82) is 0 Å². The molecule has 0 atom stereocenters. The summed E-state index contributed by atoms with van der Waals surface area (Å²) >= 11 is 0. The van der Waals surface area contributed by atoms with Crippen LogP contribution in [-0.4, -0.2) is 30.3 Å². The molecule has 118 valence electrons. The summed E-state index contributed by atoms with van der Waals surface area (Å²) in [6.45, 7) is 15.5. The third-order valence-electron chi connectivity index (χ3n) is 2.83. The van der Waals surface area contributed by atoms with Crippen molar-refractivity contribution in [1.82, 2.24) is 0 Å². The molecule has 0 amide bonds. The fourth-order valence-corrected chi connectivity index (χ4v) is 8.56. The first-order valence-corrected chi connectivity index (χ1v) is 12.9. The van der Waals surface area contributed by atoms with Crippen molar-refractivity contribution in [2.24, 2.45) is 0 Å². The maximum absolute atomic E-state index is 6.38. The Morgan fingerprint density at radius 1 is 1.00 bits per heavy atom. The van der Waals surface area contributed by atoms with Gasteiger partial charge in [0.1, 0.15) is 0 Å². The fraction of sp³-hybridized carbons (Fsp3) is 0.500. The number of benzene rings is 1. The molecule has 0 aliphatic heterocycles.